The van der Waals surface area contributed by atoms with Crippen LogP contribution in [0.2, 0.25) is 10.0 Å². The van der Waals surface area contributed by atoms with E-state index >= 15 is 0 Å². The lowest BCUT2D eigenvalue weighted by Gasteiger charge is -2.15. The van der Waals surface area contributed by atoms with Crippen molar-refractivity contribution in [1.82, 2.24) is 5.32 Å². The lowest BCUT2D eigenvalue weighted by molar-refractivity contribution is 0.0945. The van der Waals surface area contributed by atoms with E-state index in [1.165, 1.54) is 11.3 Å². The number of halogens is 2. The number of benzene rings is 1. The highest BCUT2D eigenvalue weighted by molar-refractivity contribution is 7.12. The maximum atomic E-state index is 12.0. The van der Waals surface area contributed by atoms with Crippen molar-refractivity contribution < 1.29 is 4.79 Å². The Kier molecular flexibility index (Phi) is 4.34. The molecule has 0 bridgehead atoms. The predicted octanol–water partition coefficient (Wildman–Crippen LogP) is 4.13. The first kappa shape index (κ1) is 14.2. The fourth-order valence-corrected chi connectivity index (χ4v) is 2.99. The van der Waals surface area contributed by atoms with Gasteiger partial charge in [-0.1, -0.05) is 29.3 Å². The molecular weight excluding hydrogens is 303 g/mol. The zero-order chi connectivity index (χ0) is 14.0. The summed E-state index contributed by atoms with van der Waals surface area (Å²) < 4.78 is 0. The molecule has 1 unspecified atom stereocenters. The van der Waals surface area contributed by atoms with Gasteiger partial charge in [-0.15, -0.1) is 11.3 Å². The molecule has 0 saturated carbocycles. The van der Waals surface area contributed by atoms with Crippen molar-refractivity contribution in [3.63, 3.8) is 0 Å². The Balaban J connectivity index is 2.15. The smallest absolute Gasteiger partial charge is 0.263 e. The third-order valence-electron chi connectivity index (χ3n) is 2.68. The van der Waals surface area contributed by atoms with Gasteiger partial charge in [0.2, 0.25) is 0 Å². The van der Waals surface area contributed by atoms with Crippen molar-refractivity contribution in [3.8, 4) is 0 Å². The quantitative estimate of drug-likeness (QED) is 0.895. The lowest BCUT2D eigenvalue weighted by Crippen LogP contribution is -2.26. The van der Waals surface area contributed by atoms with E-state index in [1.54, 1.807) is 29.6 Å². The number of thiophene rings is 1. The van der Waals surface area contributed by atoms with Crippen LogP contribution in [0.3, 0.4) is 0 Å². The van der Waals surface area contributed by atoms with Crippen molar-refractivity contribution in [2.24, 2.45) is 0 Å². The van der Waals surface area contributed by atoms with Crippen LogP contribution in [-0.4, -0.2) is 5.91 Å². The molecule has 1 heterocycles. The van der Waals surface area contributed by atoms with E-state index < -0.39 is 0 Å². The zero-order valence-corrected chi connectivity index (χ0v) is 12.4. The second-order valence-corrected chi connectivity index (χ2v) is 5.83. The fraction of sp³-hybridized carbons (Fsp3) is 0.154. The van der Waals surface area contributed by atoms with Crippen LogP contribution in [0.15, 0.2) is 29.6 Å². The second kappa shape index (κ2) is 5.82. The van der Waals surface area contributed by atoms with Crippen LogP contribution >= 0.6 is 34.5 Å². The zero-order valence-electron chi connectivity index (χ0n) is 10.1. The molecule has 0 spiro atoms. The van der Waals surface area contributed by atoms with Crippen LogP contribution < -0.4 is 11.1 Å². The SMILES string of the molecule is CC(NC(=O)c1sccc1N)c1ccc(Cl)cc1Cl. The number of anilines is 1. The van der Waals surface area contributed by atoms with E-state index in [-0.39, 0.29) is 11.9 Å². The largest absolute Gasteiger partial charge is 0.397 e. The van der Waals surface area contributed by atoms with E-state index in [0.29, 0.717) is 20.6 Å². The molecule has 100 valence electrons. The molecule has 0 aliphatic rings. The van der Waals surface area contributed by atoms with E-state index in [2.05, 4.69) is 5.32 Å². The molecule has 0 aliphatic heterocycles. The van der Waals surface area contributed by atoms with Crippen molar-refractivity contribution in [2.75, 3.05) is 5.73 Å². The summed E-state index contributed by atoms with van der Waals surface area (Å²) in [7, 11) is 0. The summed E-state index contributed by atoms with van der Waals surface area (Å²) in [5.41, 5.74) is 7.01. The molecule has 2 rings (SSSR count). The molecule has 1 aromatic carbocycles. The Morgan fingerprint density at radius 2 is 2.11 bits per heavy atom. The Morgan fingerprint density at radius 3 is 2.68 bits per heavy atom. The molecule has 0 radical (unpaired) electrons. The number of nitrogens with one attached hydrogen (secondary N) is 1. The van der Waals surface area contributed by atoms with Gasteiger partial charge in [0.15, 0.2) is 0 Å². The Morgan fingerprint density at radius 1 is 1.37 bits per heavy atom. The topological polar surface area (TPSA) is 55.1 Å². The van der Waals surface area contributed by atoms with Gasteiger partial charge in [-0.3, -0.25) is 4.79 Å². The predicted molar refractivity (Wildman–Crippen MR) is 81.1 cm³/mol. The third kappa shape index (κ3) is 3.21. The van der Waals surface area contributed by atoms with Crippen molar-refractivity contribution in [1.29, 1.82) is 0 Å². The van der Waals surface area contributed by atoms with Crippen molar-refractivity contribution in [3.05, 3.63) is 50.1 Å². The monoisotopic (exact) mass is 314 g/mol. The molecule has 0 saturated heterocycles. The molecule has 6 heteroatoms. The van der Waals surface area contributed by atoms with Gasteiger partial charge in [0.25, 0.3) is 5.91 Å². The van der Waals surface area contributed by atoms with E-state index in [1.807, 2.05) is 6.92 Å². The minimum absolute atomic E-state index is 0.203. The summed E-state index contributed by atoms with van der Waals surface area (Å²) in [4.78, 5) is 12.5. The summed E-state index contributed by atoms with van der Waals surface area (Å²) in [5.74, 6) is -0.203. The lowest BCUT2D eigenvalue weighted by atomic mass is 10.1. The number of carbonyl (C=O) groups is 1. The summed E-state index contributed by atoms with van der Waals surface area (Å²) in [5, 5.41) is 5.74. The average molecular weight is 315 g/mol. The van der Waals surface area contributed by atoms with Gasteiger partial charge in [-0.05, 0) is 36.1 Å². The highest BCUT2D eigenvalue weighted by Crippen LogP contribution is 2.27. The molecule has 1 aromatic heterocycles. The maximum absolute atomic E-state index is 12.0. The van der Waals surface area contributed by atoms with Gasteiger partial charge in [0.1, 0.15) is 4.88 Å². The molecular formula is C13H12Cl2N2OS. The first-order chi connectivity index (χ1) is 8.99. The number of hydrogen-bond acceptors (Lipinski definition) is 3. The number of rotatable bonds is 3. The number of nitrogen functional groups attached to an aromatic ring is 1. The summed E-state index contributed by atoms with van der Waals surface area (Å²) in [6.45, 7) is 1.86. The summed E-state index contributed by atoms with van der Waals surface area (Å²) >= 11 is 13.3. The number of carbonyl (C=O) groups excluding carboxylic acids is 1. The molecule has 0 fully saturated rings. The van der Waals surface area contributed by atoms with Gasteiger partial charge in [0.05, 0.1) is 11.7 Å². The highest BCUT2D eigenvalue weighted by atomic mass is 35.5. The van der Waals surface area contributed by atoms with E-state index in [4.69, 9.17) is 28.9 Å². The molecule has 0 aliphatic carbocycles. The Bertz CT molecular complexity index is 612. The minimum Gasteiger partial charge on any atom is -0.397 e. The van der Waals surface area contributed by atoms with Crippen molar-refractivity contribution >= 4 is 46.1 Å². The van der Waals surface area contributed by atoms with Gasteiger partial charge >= 0.3 is 0 Å². The molecule has 19 heavy (non-hydrogen) atoms. The molecule has 3 nitrogen and oxygen atoms in total. The van der Waals surface area contributed by atoms with Crippen LogP contribution in [0.5, 0.6) is 0 Å². The Hall–Kier alpha value is -1.23. The van der Waals surface area contributed by atoms with Gasteiger partial charge in [-0.2, -0.15) is 0 Å². The first-order valence-electron chi connectivity index (χ1n) is 5.58. The number of amides is 1. The van der Waals surface area contributed by atoms with Gasteiger partial charge in [-0.25, -0.2) is 0 Å². The second-order valence-electron chi connectivity index (χ2n) is 4.07. The average Bonchev–Trinajstić information content (AvgIpc) is 2.75. The number of hydrogen-bond donors (Lipinski definition) is 2. The van der Waals surface area contributed by atoms with Crippen LogP contribution in [0.25, 0.3) is 0 Å². The van der Waals surface area contributed by atoms with E-state index in [0.717, 1.165) is 5.56 Å². The van der Waals surface area contributed by atoms with Crippen LogP contribution in [0.4, 0.5) is 5.69 Å². The molecule has 3 N–H and O–H groups in total. The van der Waals surface area contributed by atoms with Crippen LogP contribution in [0, 0.1) is 0 Å². The highest BCUT2D eigenvalue weighted by Gasteiger charge is 2.16. The standard InChI is InChI=1S/C13H12Cl2N2OS/c1-7(9-3-2-8(14)6-10(9)15)17-13(18)12-11(16)4-5-19-12/h2-7H,16H2,1H3,(H,17,18). The van der Waals surface area contributed by atoms with Crippen molar-refractivity contribution in [2.45, 2.75) is 13.0 Å². The van der Waals surface area contributed by atoms with Crippen LogP contribution in [-0.2, 0) is 0 Å². The normalized spacial score (nSPS) is 12.2. The Labute approximate surface area is 125 Å². The van der Waals surface area contributed by atoms with Gasteiger partial charge < -0.3 is 11.1 Å². The molecule has 1 atom stereocenters. The third-order valence-corrected chi connectivity index (χ3v) is 4.17. The summed E-state index contributed by atoms with van der Waals surface area (Å²) in [6, 6.07) is 6.68. The maximum Gasteiger partial charge on any atom is 0.263 e. The molecule has 1 amide bonds. The summed E-state index contributed by atoms with van der Waals surface area (Å²) in [6.07, 6.45) is 0. The minimum atomic E-state index is -0.223. The fourth-order valence-electron chi connectivity index (χ4n) is 1.70. The first-order valence-corrected chi connectivity index (χ1v) is 7.21. The van der Waals surface area contributed by atoms with Gasteiger partial charge in [0, 0.05) is 10.0 Å². The van der Waals surface area contributed by atoms with E-state index in [9.17, 15) is 4.79 Å². The van der Waals surface area contributed by atoms with Crippen LogP contribution in [0.1, 0.15) is 28.2 Å². The number of nitrogens with two attached hydrogens (primary N) is 1. The molecule has 2 aromatic rings.